The first kappa shape index (κ1) is 18.7. The van der Waals surface area contributed by atoms with E-state index in [4.69, 9.17) is 4.98 Å². The lowest BCUT2D eigenvalue weighted by Crippen LogP contribution is -2.33. The Morgan fingerprint density at radius 2 is 2.07 bits per heavy atom. The Balaban J connectivity index is 1.89. The molecular formula is C23H28N4O. The fourth-order valence-electron chi connectivity index (χ4n) is 4.31. The van der Waals surface area contributed by atoms with Gasteiger partial charge in [-0.25, -0.2) is 4.98 Å². The van der Waals surface area contributed by atoms with E-state index in [2.05, 4.69) is 44.9 Å². The summed E-state index contributed by atoms with van der Waals surface area (Å²) in [5, 5.41) is 5.41. The third-order valence-corrected chi connectivity index (χ3v) is 5.68. The molecule has 0 spiro atoms. The molecule has 146 valence electrons. The molecule has 1 amide bonds. The summed E-state index contributed by atoms with van der Waals surface area (Å²) in [5.74, 6) is 0.117. The van der Waals surface area contributed by atoms with E-state index in [9.17, 15) is 4.79 Å². The third kappa shape index (κ3) is 3.30. The van der Waals surface area contributed by atoms with Gasteiger partial charge < -0.3 is 4.90 Å². The van der Waals surface area contributed by atoms with Crippen molar-refractivity contribution in [3.05, 3.63) is 47.3 Å². The number of hydrogen-bond donors (Lipinski definition) is 0. The lowest BCUT2D eigenvalue weighted by molar-refractivity contribution is 0.0749. The highest BCUT2D eigenvalue weighted by molar-refractivity contribution is 6.08. The van der Waals surface area contributed by atoms with E-state index in [1.807, 2.05) is 28.0 Å². The van der Waals surface area contributed by atoms with Crippen LogP contribution in [0.5, 0.6) is 0 Å². The number of pyridine rings is 1. The molecule has 0 aliphatic carbocycles. The topological polar surface area (TPSA) is 51.0 Å². The van der Waals surface area contributed by atoms with E-state index in [-0.39, 0.29) is 11.9 Å². The van der Waals surface area contributed by atoms with Gasteiger partial charge in [-0.3, -0.25) is 9.48 Å². The Labute approximate surface area is 166 Å². The van der Waals surface area contributed by atoms with Crippen LogP contribution in [-0.2, 0) is 6.54 Å². The van der Waals surface area contributed by atoms with Crippen molar-refractivity contribution < 1.29 is 4.79 Å². The second kappa shape index (κ2) is 7.38. The van der Waals surface area contributed by atoms with Crippen LogP contribution in [0.25, 0.3) is 22.2 Å². The second-order valence-electron chi connectivity index (χ2n) is 8.01. The van der Waals surface area contributed by atoms with Crippen molar-refractivity contribution in [2.75, 3.05) is 6.54 Å². The molecule has 5 heteroatoms. The third-order valence-electron chi connectivity index (χ3n) is 5.68. The van der Waals surface area contributed by atoms with Gasteiger partial charge in [0.1, 0.15) is 0 Å². The van der Waals surface area contributed by atoms with E-state index in [1.165, 1.54) is 0 Å². The number of carbonyl (C=O) groups excluding carboxylic acids is 1. The van der Waals surface area contributed by atoms with Gasteiger partial charge in [0.15, 0.2) is 0 Å². The monoisotopic (exact) mass is 376 g/mol. The van der Waals surface area contributed by atoms with E-state index in [0.29, 0.717) is 0 Å². The normalized spacial score (nSPS) is 16.9. The van der Waals surface area contributed by atoms with Crippen molar-refractivity contribution in [1.29, 1.82) is 0 Å². The molecule has 1 aliphatic rings. The number of amides is 1. The Morgan fingerprint density at radius 1 is 1.25 bits per heavy atom. The number of nitrogens with zero attached hydrogens (tertiary/aromatic N) is 4. The minimum Gasteiger partial charge on any atom is -0.336 e. The summed E-state index contributed by atoms with van der Waals surface area (Å²) >= 11 is 0. The number of hydrogen-bond acceptors (Lipinski definition) is 3. The van der Waals surface area contributed by atoms with Crippen molar-refractivity contribution >= 4 is 16.8 Å². The molecule has 0 radical (unpaired) electrons. The highest BCUT2D eigenvalue weighted by atomic mass is 16.2. The summed E-state index contributed by atoms with van der Waals surface area (Å²) in [6.07, 6.45) is 7.04. The summed E-state index contributed by atoms with van der Waals surface area (Å²) in [6, 6.07) is 6.46. The first-order chi connectivity index (χ1) is 13.5. The predicted molar refractivity (Wildman–Crippen MR) is 112 cm³/mol. The average Bonchev–Trinajstić information content (AvgIpc) is 3.29. The van der Waals surface area contributed by atoms with E-state index < -0.39 is 0 Å². The van der Waals surface area contributed by atoms with Crippen LogP contribution in [0.4, 0.5) is 0 Å². The maximum Gasteiger partial charge on any atom is 0.254 e. The standard InChI is InChI=1S/C23H28N4O/c1-5-8-26-14-18(13-24-26)20-12-19(23(28)27-9-6-7-17(27)4)22-16(3)10-15(2)11-21(22)25-20/h10-14,17H,5-9H2,1-4H3/t17-/m0/s1. The van der Waals surface area contributed by atoms with Crippen molar-refractivity contribution in [2.24, 2.45) is 0 Å². The summed E-state index contributed by atoms with van der Waals surface area (Å²) in [7, 11) is 0. The molecule has 1 aliphatic heterocycles. The SMILES string of the molecule is CCCn1cc(-c2cc(C(=O)N3CCC[C@@H]3C)c3c(C)cc(C)cc3n2)cn1. The van der Waals surface area contributed by atoms with Gasteiger partial charge in [-0.05, 0) is 63.3 Å². The zero-order valence-electron chi connectivity index (χ0n) is 17.2. The van der Waals surface area contributed by atoms with Crippen LogP contribution < -0.4 is 0 Å². The van der Waals surface area contributed by atoms with E-state index in [0.717, 1.165) is 71.2 Å². The minimum absolute atomic E-state index is 0.117. The minimum atomic E-state index is 0.117. The largest absolute Gasteiger partial charge is 0.336 e. The fourth-order valence-corrected chi connectivity index (χ4v) is 4.31. The lowest BCUT2D eigenvalue weighted by Gasteiger charge is -2.23. The van der Waals surface area contributed by atoms with Gasteiger partial charge in [0.05, 0.1) is 23.0 Å². The zero-order valence-corrected chi connectivity index (χ0v) is 17.2. The first-order valence-electron chi connectivity index (χ1n) is 10.2. The maximum absolute atomic E-state index is 13.5. The summed E-state index contributed by atoms with van der Waals surface area (Å²) in [6.45, 7) is 10.1. The van der Waals surface area contributed by atoms with Crippen molar-refractivity contribution in [3.63, 3.8) is 0 Å². The number of rotatable bonds is 4. The number of aryl methyl sites for hydroxylation is 3. The molecule has 3 heterocycles. The quantitative estimate of drug-likeness (QED) is 0.660. The molecular weight excluding hydrogens is 348 g/mol. The molecule has 1 saturated heterocycles. The molecule has 1 aromatic carbocycles. The summed E-state index contributed by atoms with van der Waals surface area (Å²) in [4.78, 5) is 20.4. The molecule has 5 nitrogen and oxygen atoms in total. The number of fused-ring (bicyclic) bond motifs is 1. The molecule has 0 N–H and O–H groups in total. The Morgan fingerprint density at radius 3 is 2.79 bits per heavy atom. The predicted octanol–water partition coefficient (Wildman–Crippen LogP) is 4.75. The van der Waals surface area contributed by atoms with Crippen LogP contribution >= 0.6 is 0 Å². The second-order valence-corrected chi connectivity index (χ2v) is 8.01. The fraction of sp³-hybridized carbons (Fsp3) is 0.435. The van der Waals surface area contributed by atoms with Crippen LogP contribution in [0.2, 0.25) is 0 Å². The Kier molecular flexibility index (Phi) is 4.92. The van der Waals surface area contributed by atoms with Crippen LogP contribution in [0, 0.1) is 13.8 Å². The molecule has 0 bridgehead atoms. The smallest absolute Gasteiger partial charge is 0.254 e. The Hall–Kier alpha value is -2.69. The molecule has 3 aromatic rings. The van der Waals surface area contributed by atoms with Crippen LogP contribution in [0.15, 0.2) is 30.6 Å². The molecule has 0 unspecified atom stereocenters. The molecule has 1 fully saturated rings. The molecule has 28 heavy (non-hydrogen) atoms. The molecule has 1 atom stereocenters. The van der Waals surface area contributed by atoms with E-state index >= 15 is 0 Å². The average molecular weight is 377 g/mol. The molecule has 4 rings (SSSR count). The molecule has 2 aromatic heterocycles. The van der Waals surface area contributed by atoms with E-state index in [1.54, 1.807) is 0 Å². The summed E-state index contributed by atoms with van der Waals surface area (Å²) in [5.41, 5.74) is 5.67. The number of likely N-dealkylation sites (tertiary alicyclic amines) is 1. The van der Waals surface area contributed by atoms with Crippen molar-refractivity contribution in [2.45, 2.75) is 59.5 Å². The molecule has 0 saturated carbocycles. The number of aromatic nitrogens is 3. The lowest BCUT2D eigenvalue weighted by atomic mass is 9.98. The van der Waals surface area contributed by atoms with Gasteiger partial charge in [-0.15, -0.1) is 0 Å². The number of carbonyl (C=O) groups is 1. The van der Waals surface area contributed by atoms with Crippen molar-refractivity contribution in [1.82, 2.24) is 19.7 Å². The van der Waals surface area contributed by atoms with Gasteiger partial charge in [0.25, 0.3) is 5.91 Å². The van der Waals surface area contributed by atoms with Gasteiger partial charge in [0, 0.05) is 36.3 Å². The first-order valence-corrected chi connectivity index (χ1v) is 10.2. The van der Waals surface area contributed by atoms with Crippen LogP contribution in [0.3, 0.4) is 0 Å². The van der Waals surface area contributed by atoms with Gasteiger partial charge in [-0.1, -0.05) is 13.0 Å². The number of benzene rings is 1. The van der Waals surface area contributed by atoms with Gasteiger partial charge in [-0.2, -0.15) is 5.10 Å². The van der Waals surface area contributed by atoms with Gasteiger partial charge >= 0.3 is 0 Å². The van der Waals surface area contributed by atoms with Crippen molar-refractivity contribution in [3.8, 4) is 11.3 Å². The maximum atomic E-state index is 13.5. The summed E-state index contributed by atoms with van der Waals surface area (Å²) < 4.78 is 1.94. The van der Waals surface area contributed by atoms with Crippen LogP contribution in [0.1, 0.15) is 54.6 Å². The Bertz CT molecular complexity index is 1040. The highest BCUT2D eigenvalue weighted by Gasteiger charge is 2.28. The highest BCUT2D eigenvalue weighted by Crippen LogP contribution is 2.30. The zero-order chi connectivity index (χ0) is 19.8. The van der Waals surface area contributed by atoms with Crippen LogP contribution in [-0.4, -0.2) is 38.2 Å². The van der Waals surface area contributed by atoms with Gasteiger partial charge in [0.2, 0.25) is 0 Å².